The van der Waals surface area contributed by atoms with Crippen LogP contribution in [0.4, 0.5) is 10.1 Å². The molecule has 2 aromatic carbocycles. The minimum atomic E-state index is -0.500. The molecule has 150 valence electrons. The number of aryl methyl sites for hydroxylation is 1. The summed E-state index contributed by atoms with van der Waals surface area (Å²) in [7, 11) is 0. The first-order valence-electron chi connectivity index (χ1n) is 8.94. The zero-order chi connectivity index (χ0) is 21.3. The van der Waals surface area contributed by atoms with E-state index in [0.717, 1.165) is 0 Å². The van der Waals surface area contributed by atoms with Crippen LogP contribution in [0.5, 0.6) is 0 Å². The van der Waals surface area contributed by atoms with E-state index in [1.165, 1.54) is 30.5 Å². The van der Waals surface area contributed by atoms with Gasteiger partial charge >= 0.3 is 0 Å². The zero-order valence-corrected chi connectivity index (χ0v) is 16.5. The van der Waals surface area contributed by atoms with Crippen LogP contribution in [0.1, 0.15) is 32.2 Å². The van der Waals surface area contributed by atoms with Crippen molar-refractivity contribution in [1.82, 2.24) is 10.1 Å². The number of carbonyl (C=O) groups excluding carboxylic acids is 2. The number of ketones is 1. The van der Waals surface area contributed by atoms with Gasteiger partial charge in [0, 0.05) is 28.0 Å². The first kappa shape index (κ1) is 19.6. The fourth-order valence-corrected chi connectivity index (χ4v) is 3.14. The van der Waals surface area contributed by atoms with E-state index in [1.807, 2.05) is 0 Å². The Bertz CT molecular complexity index is 1240. The molecule has 0 saturated carbocycles. The quantitative estimate of drug-likeness (QED) is 0.429. The molecule has 0 unspecified atom stereocenters. The molecule has 0 aliphatic rings. The lowest BCUT2D eigenvalue weighted by atomic mass is 9.99. The highest BCUT2D eigenvalue weighted by Gasteiger charge is 2.24. The number of H-pyrrole nitrogens is 1. The van der Waals surface area contributed by atoms with Crippen molar-refractivity contribution in [2.75, 3.05) is 5.32 Å². The maximum atomic E-state index is 13.3. The molecule has 30 heavy (non-hydrogen) atoms. The Morgan fingerprint density at radius 3 is 2.63 bits per heavy atom. The van der Waals surface area contributed by atoms with Crippen LogP contribution in [0, 0.1) is 12.7 Å². The topological polar surface area (TPSA) is 88.0 Å². The van der Waals surface area contributed by atoms with Gasteiger partial charge in [-0.3, -0.25) is 9.59 Å². The molecule has 2 aromatic heterocycles. The number of anilines is 1. The Hall–Kier alpha value is -3.71. The normalized spacial score (nSPS) is 10.8. The van der Waals surface area contributed by atoms with E-state index in [-0.39, 0.29) is 17.0 Å². The van der Waals surface area contributed by atoms with Crippen molar-refractivity contribution < 1.29 is 18.5 Å². The molecule has 4 aromatic rings. The Balaban J connectivity index is 1.60. The summed E-state index contributed by atoms with van der Waals surface area (Å²) in [6.45, 7) is 1.64. The first-order chi connectivity index (χ1) is 14.4. The molecule has 0 atom stereocenters. The summed E-state index contributed by atoms with van der Waals surface area (Å²) in [5, 5.41) is 7.14. The van der Waals surface area contributed by atoms with Crippen LogP contribution >= 0.6 is 11.6 Å². The van der Waals surface area contributed by atoms with Crippen molar-refractivity contribution in [1.29, 1.82) is 0 Å². The summed E-state index contributed by atoms with van der Waals surface area (Å²) in [5.74, 6) is -0.955. The highest BCUT2D eigenvalue weighted by Crippen LogP contribution is 2.28. The second kappa shape index (κ2) is 7.96. The molecule has 6 nitrogen and oxygen atoms in total. The lowest BCUT2D eigenvalue weighted by Gasteiger charge is -2.03. The Morgan fingerprint density at radius 2 is 1.90 bits per heavy atom. The van der Waals surface area contributed by atoms with E-state index in [1.54, 1.807) is 37.3 Å². The number of benzene rings is 2. The Labute approximate surface area is 175 Å². The number of hydrogen-bond donors (Lipinski definition) is 2. The molecular weight excluding hydrogens is 409 g/mol. The van der Waals surface area contributed by atoms with Crippen LogP contribution in [0.3, 0.4) is 0 Å². The summed E-state index contributed by atoms with van der Waals surface area (Å²) in [6.07, 6.45) is 1.43. The third-order valence-corrected chi connectivity index (χ3v) is 4.73. The van der Waals surface area contributed by atoms with Gasteiger partial charge in [0.2, 0.25) is 0 Å². The average Bonchev–Trinajstić information content (AvgIpc) is 3.35. The number of aromatic nitrogens is 2. The molecule has 0 bridgehead atoms. The van der Waals surface area contributed by atoms with Gasteiger partial charge in [-0.25, -0.2) is 4.39 Å². The molecule has 0 radical (unpaired) electrons. The van der Waals surface area contributed by atoms with Crippen molar-refractivity contribution in [2.24, 2.45) is 0 Å². The smallest absolute Gasteiger partial charge is 0.272 e. The SMILES string of the molecule is Cc1onc(-c2ccc(Cl)cc2)c1C(=O)c1c[nH]c(C(=O)Nc2cccc(F)c2)c1. The highest BCUT2D eigenvalue weighted by atomic mass is 35.5. The van der Waals surface area contributed by atoms with E-state index < -0.39 is 11.7 Å². The molecule has 0 saturated heterocycles. The van der Waals surface area contributed by atoms with Crippen LogP contribution < -0.4 is 5.32 Å². The molecule has 0 aliphatic carbocycles. The second-order valence-electron chi connectivity index (χ2n) is 6.56. The first-order valence-corrected chi connectivity index (χ1v) is 9.32. The van der Waals surface area contributed by atoms with Crippen LogP contribution in [0.15, 0.2) is 65.3 Å². The van der Waals surface area contributed by atoms with E-state index in [9.17, 15) is 14.0 Å². The molecule has 2 heterocycles. The van der Waals surface area contributed by atoms with Gasteiger partial charge in [-0.15, -0.1) is 0 Å². The van der Waals surface area contributed by atoms with Crippen LogP contribution in [0.25, 0.3) is 11.3 Å². The molecule has 2 N–H and O–H groups in total. The van der Waals surface area contributed by atoms with Crippen molar-refractivity contribution in [2.45, 2.75) is 6.92 Å². The molecular formula is C22H15ClFN3O3. The van der Waals surface area contributed by atoms with Crippen LogP contribution in [0.2, 0.25) is 5.02 Å². The monoisotopic (exact) mass is 423 g/mol. The minimum Gasteiger partial charge on any atom is -0.360 e. The van der Waals surface area contributed by atoms with Crippen molar-refractivity contribution in [3.63, 3.8) is 0 Å². The number of rotatable bonds is 5. The van der Waals surface area contributed by atoms with Crippen molar-refractivity contribution >= 4 is 29.0 Å². The van der Waals surface area contributed by atoms with Crippen molar-refractivity contribution in [3.05, 3.63) is 94.2 Å². The summed E-state index contributed by atoms with van der Waals surface area (Å²) in [4.78, 5) is 28.3. The van der Waals surface area contributed by atoms with E-state index >= 15 is 0 Å². The molecule has 8 heteroatoms. The number of amides is 1. The summed E-state index contributed by atoms with van der Waals surface area (Å²) >= 11 is 5.93. The fourth-order valence-electron chi connectivity index (χ4n) is 3.01. The molecule has 4 rings (SSSR count). The van der Waals surface area contributed by atoms with Gasteiger partial charge < -0.3 is 14.8 Å². The number of halogens is 2. The average molecular weight is 424 g/mol. The van der Waals surface area contributed by atoms with Gasteiger partial charge in [-0.1, -0.05) is 35.0 Å². The summed E-state index contributed by atoms with van der Waals surface area (Å²) in [5.41, 5.74) is 2.10. The Kier molecular flexibility index (Phi) is 5.20. The highest BCUT2D eigenvalue weighted by molar-refractivity contribution is 6.30. The largest absolute Gasteiger partial charge is 0.360 e. The van der Waals surface area contributed by atoms with Gasteiger partial charge in [-0.05, 0) is 43.3 Å². The zero-order valence-electron chi connectivity index (χ0n) is 15.7. The third kappa shape index (κ3) is 3.88. The Morgan fingerprint density at radius 1 is 1.13 bits per heavy atom. The van der Waals surface area contributed by atoms with Crippen molar-refractivity contribution in [3.8, 4) is 11.3 Å². The predicted molar refractivity (Wildman–Crippen MR) is 110 cm³/mol. The second-order valence-corrected chi connectivity index (χ2v) is 7.00. The molecule has 1 amide bonds. The number of nitrogens with zero attached hydrogens (tertiary/aromatic N) is 1. The summed E-state index contributed by atoms with van der Waals surface area (Å²) in [6, 6.07) is 13.8. The number of hydrogen-bond acceptors (Lipinski definition) is 4. The lowest BCUT2D eigenvalue weighted by molar-refractivity contribution is 0.102. The van der Waals surface area contributed by atoms with E-state index in [2.05, 4.69) is 15.5 Å². The number of carbonyl (C=O) groups is 2. The predicted octanol–water partition coefficient (Wildman–Crippen LogP) is 5.25. The van der Waals surface area contributed by atoms with E-state index in [4.69, 9.17) is 16.1 Å². The lowest BCUT2D eigenvalue weighted by Crippen LogP contribution is -2.12. The van der Waals surface area contributed by atoms with E-state index in [0.29, 0.717) is 33.3 Å². The molecule has 0 aliphatic heterocycles. The van der Waals surface area contributed by atoms with Gasteiger partial charge in [-0.2, -0.15) is 0 Å². The number of aromatic amines is 1. The third-order valence-electron chi connectivity index (χ3n) is 4.48. The van der Waals surface area contributed by atoms with Gasteiger partial charge in [0.05, 0.1) is 5.56 Å². The van der Waals surface area contributed by atoms with Gasteiger partial charge in [0.25, 0.3) is 5.91 Å². The van der Waals surface area contributed by atoms with Gasteiger partial charge in [0.1, 0.15) is 23.0 Å². The standard InChI is InChI=1S/C22H15ClFN3O3/c1-12-19(20(27-30-12)13-5-7-15(23)8-6-13)21(28)14-9-18(25-11-14)22(29)26-17-4-2-3-16(24)10-17/h2-11,25H,1H3,(H,26,29). The van der Waals surface area contributed by atoms with Crippen LogP contribution in [-0.2, 0) is 0 Å². The van der Waals surface area contributed by atoms with Crippen LogP contribution in [-0.4, -0.2) is 21.8 Å². The maximum Gasteiger partial charge on any atom is 0.272 e. The van der Waals surface area contributed by atoms with Gasteiger partial charge in [0.15, 0.2) is 5.78 Å². The summed E-state index contributed by atoms with van der Waals surface area (Å²) < 4.78 is 18.5. The maximum absolute atomic E-state index is 13.3. The molecule has 0 spiro atoms. The molecule has 0 fully saturated rings. The minimum absolute atomic E-state index is 0.157. The fraction of sp³-hybridized carbons (Fsp3) is 0.0455. The number of nitrogens with one attached hydrogen (secondary N) is 2.